The van der Waals surface area contributed by atoms with E-state index < -0.39 is 0 Å². The maximum atomic E-state index is 6.24. The van der Waals surface area contributed by atoms with Gasteiger partial charge >= 0.3 is 0 Å². The lowest BCUT2D eigenvalue weighted by molar-refractivity contribution is 0.166. The molecule has 0 saturated carbocycles. The van der Waals surface area contributed by atoms with Crippen molar-refractivity contribution in [2.45, 2.75) is 25.7 Å². The van der Waals surface area contributed by atoms with Gasteiger partial charge in [0.2, 0.25) is 0 Å². The van der Waals surface area contributed by atoms with E-state index in [1.807, 2.05) is 18.5 Å². The fourth-order valence-electron chi connectivity index (χ4n) is 2.48. The van der Waals surface area contributed by atoms with Crippen LogP contribution in [0, 0.1) is 0 Å². The molecule has 0 bridgehead atoms. The van der Waals surface area contributed by atoms with Crippen LogP contribution in [0.25, 0.3) is 0 Å². The average Bonchev–Trinajstić information content (AvgIpc) is 2.41. The predicted molar refractivity (Wildman–Crippen MR) is 71.6 cm³/mol. The van der Waals surface area contributed by atoms with Crippen LogP contribution in [0.15, 0.2) is 48.8 Å². The summed E-state index contributed by atoms with van der Waals surface area (Å²) in [6, 6.07) is 12.6. The molecule has 0 fully saturated rings. The molecule has 0 aliphatic carbocycles. The van der Waals surface area contributed by atoms with Gasteiger partial charge in [-0.3, -0.25) is 9.88 Å². The highest BCUT2D eigenvalue weighted by Crippen LogP contribution is 2.21. The minimum Gasteiger partial charge on any atom is -0.315 e. The van der Waals surface area contributed by atoms with Gasteiger partial charge in [0.1, 0.15) is 0 Å². The Balaban J connectivity index is 1.79. The SMILES string of the molecule is NC1Cc2cnccc2CN1Cc1ccccc1. The molecule has 2 heterocycles. The molecule has 3 heteroatoms. The van der Waals surface area contributed by atoms with E-state index in [0.29, 0.717) is 0 Å². The molecule has 92 valence electrons. The van der Waals surface area contributed by atoms with Crippen molar-refractivity contribution in [2.75, 3.05) is 0 Å². The van der Waals surface area contributed by atoms with Crippen molar-refractivity contribution in [3.8, 4) is 0 Å². The maximum absolute atomic E-state index is 6.24. The van der Waals surface area contributed by atoms with Gasteiger partial charge in [0.05, 0.1) is 6.17 Å². The number of aromatic nitrogens is 1. The minimum absolute atomic E-state index is 0.0851. The van der Waals surface area contributed by atoms with Crippen molar-refractivity contribution < 1.29 is 0 Å². The molecule has 3 nitrogen and oxygen atoms in total. The van der Waals surface area contributed by atoms with E-state index in [9.17, 15) is 0 Å². The Morgan fingerprint density at radius 2 is 2.00 bits per heavy atom. The van der Waals surface area contributed by atoms with Crippen LogP contribution in [-0.2, 0) is 19.5 Å². The van der Waals surface area contributed by atoms with Crippen LogP contribution in [0.5, 0.6) is 0 Å². The summed E-state index contributed by atoms with van der Waals surface area (Å²) in [5, 5.41) is 0. The molecule has 0 spiro atoms. The third-order valence-electron chi connectivity index (χ3n) is 3.50. The highest BCUT2D eigenvalue weighted by atomic mass is 15.2. The Bertz CT molecular complexity index is 524. The van der Waals surface area contributed by atoms with E-state index in [-0.39, 0.29) is 6.17 Å². The van der Waals surface area contributed by atoms with E-state index in [4.69, 9.17) is 5.73 Å². The third kappa shape index (κ3) is 2.28. The Morgan fingerprint density at radius 1 is 1.17 bits per heavy atom. The van der Waals surface area contributed by atoms with Gasteiger partial charge in [-0.05, 0) is 22.8 Å². The lowest BCUT2D eigenvalue weighted by Gasteiger charge is -2.34. The highest BCUT2D eigenvalue weighted by molar-refractivity contribution is 5.27. The zero-order valence-electron chi connectivity index (χ0n) is 10.3. The van der Waals surface area contributed by atoms with Crippen LogP contribution in [0.3, 0.4) is 0 Å². The first-order chi connectivity index (χ1) is 8.83. The molecule has 1 atom stereocenters. The number of nitrogens with two attached hydrogens (primary N) is 1. The maximum Gasteiger partial charge on any atom is 0.0619 e. The van der Waals surface area contributed by atoms with Crippen LogP contribution < -0.4 is 5.73 Å². The molecular weight excluding hydrogens is 222 g/mol. The Hall–Kier alpha value is -1.71. The number of pyridine rings is 1. The van der Waals surface area contributed by atoms with Crippen molar-refractivity contribution in [1.82, 2.24) is 9.88 Å². The summed E-state index contributed by atoms with van der Waals surface area (Å²) in [6.07, 6.45) is 4.77. The van der Waals surface area contributed by atoms with E-state index in [1.165, 1.54) is 16.7 Å². The van der Waals surface area contributed by atoms with Gasteiger partial charge < -0.3 is 5.73 Å². The van der Waals surface area contributed by atoms with Crippen LogP contribution in [0.4, 0.5) is 0 Å². The fraction of sp³-hybridized carbons (Fsp3) is 0.267. The average molecular weight is 239 g/mol. The molecule has 0 amide bonds. The zero-order chi connectivity index (χ0) is 12.4. The topological polar surface area (TPSA) is 42.1 Å². The first-order valence-electron chi connectivity index (χ1n) is 6.28. The van der Waals surface area contributed by atoms with Crippen molar-refractivity contribution >= 4 is 0 Å². The number of fused-ring (bicyclic) bond motifs is 1. The van der Waals surface area contributed by atoms with Gasteiger partial charge in [-0.2, -0.15) is 0 Å². The number of benzene rings is 1. The normalized spacial score (nSPS) is 19.5. The number of hydrogen-bond donors (Lipinski definition) is 1. The molecule has 1 aliphatic rings. The summed E-state index contributed by atoms with van der Waals surface area (Å²) < 4.78 is 0. The summed E-state index contributed by atoms with van der Waals surface area (Å²) in [6.45, 7) is 1.82. The van der Waals surface area contributed by atoms with Crippen LogP contribution >= 0.6 is 0 Å². The molecule has 2 N–H and O–H groups in total. The van der Waals surface area contributed by atoms with E-state index >= 15 is 0 Å². The second kappa shape index (κ2) is 4.88. The minimum atomic E-state index is 0.0851. The van der Waals surface area contributed by atoms with Gasteiger partial charge in [-0.25, -0.2) is 0 Å². The van der Waals surface area contributed by atoms with Crippen LogP contribution in [0.1, 0.15) is 16.7 Å². The summed E-state index contributed by atoms with van der Waals surface area (Å²) in [5.74, 6) is 0. The highest BCUT2D eigenvalue weighted by Gasteiger charge is 2.22. The largest absolute Gasteiger partial charge is 0.315 e. The van der Waals surface area contributed by atoms with Crippen molar-refractivity contribution in [3.63, 3.8) is 0 Å². The lowest BCUT2D eigenvalue weighted by atomic mass is 9.99. The summed E-state index contributed by atoms with van der Waals surface area (Å²) >= 11 is 0. The summed E-state index contributed by atoms with van der Waals surface area (Å²) in [4.78, 5) is 6.48. The molecule has 1 unspecified atom stereocenters. The Morgan fingerprint density at radius 3 is 2.83 bits per heavy atom. The van der Waals surface area contributed by atoms with E-state index in [1.54, 1.807) is 0 Å². The molecular formula is C15H17N3. The fourth-order valence-corrected chi connectivity index (χ4v) is 2.48. The van der Waals surface area contributed by atoms with Gasteiger partial charge in [-0.1, -0.05) is 30.3 Å². The van der Waals surface area contributed by atoms with E-state index in [0.717, 1.165) is 19.5 Å². The molecule has 1 aromatic carbocycles. The number of nitrogens with zero attached hydrogens (tertiary/aromatic N) is 2. The first-order valence-corrected chi connectivity index (χ1v) is 6.28. The molecule has 3 rings (SSSR count). The molecule has 18 heavy (non-hydrogen) atoms. The van der Waals surface area contributed by atoms with Gasteiger partial charge in [0.15, 0.2) is 0 Å². The molecule has 1 aliphatic heterocycles. The third-order valence-corrected chi connectivity index (χ3v) is 3.50. The van der Waals surface area contributed by atoms with Crippen molar-refractivity contribution in [2.24, 2.45) is 5.73 Å². The molecule has 0 saturated heterocycles. The van der Waals surface area contributed by atoms with Crippen LogP contribution in [-0.4, -0.2) is 16.0 Å². The second-order valence-electron chi connectivity index (χ2n) is 4.81. The van der Waals surface area contributed by atoms with Gasteiger partial charge in [-0.15, -0.1) is 0 Å². The monoisotopic (exact) mass is 239 g/mol. The first kappa shape index (κ1) is 11.4. The zero-order valence-corrected chi connectivity index (χ0v) is 10.3. The summed E-state index contributed by atoms with van der Waals surface area (Å²) in [5.41, 5.74) is 10.2. The Labute approximate surface area is 107 Å². The van der Waals surface area contributed by atoms with E-state index in [2.05, 4.69) is 40.2 Å². The van der Waals surface area contributed by atoms with Gasteiger partial charge in [0, 0.05) is 31.9 Å². The standard InChI is InChI=1S/C15H17N3/c16-15-8-14-9-17-7-6-13(14)11-18(15)10-12-4-2-1-3-5-12/h1-7,9,15H,8,10-11,16H2. The second-order valence-corrected chi connectivity index (χ2v) is 4.81. The Kier molecular flexibility index (Phi) is 3.09. The smallest absolute Gasteiger partial charge is 0.0619 e. The van der Waals surface area contributed by atoms with Crippen molar-refractivity contribution in [1.29, 1.82) is 0 Å². The molecule has 1 aromatic heterocycles. The summed E-state index contributed by atoms with van der Waals surface area (Å²) in [7, 11) is 0. The quantitative estimate of drug-likeness (QED) is 0.870. The van der Waals surface area contributed by atoms with Gasteiger partial charge in [0.25, 0.3) is 0 Å². The van der Waals surface area contributed by atoms with Crippen molar-refractivity contribution in [3.05, 3.63) is 65.5 Å². The lowest BCUT2D eigenvalue weighted by Crippen LogP contribution is -2.45. The predicted octanol–water partition coefficient (Wildman–Crippen LogP) is 1.92. The molecule has 0 radical (unpaired) electrons. The number of rotatable bonds is 2. The van der Waals surface area contributed by atoms with Crippen LogP contribution in [0.2, 0.25) is 0 Å². The molecule has 2 aromatic rings. The number of hydrogen-bond acceptors (Lipinski definition) is 3.